The van der Waals surface area contributed by atoms with Gasteiger partial charge in [-0.2, -0.15) is 0 Å². The topological polar surface area (TPSA) is 93.7 Å². The van der Waals surface area contributed by atoms with Gasteiger partial charge in [0.2, 0.25) is 0 Å². The maximum atomic E-state index is 12.6. The number of nitrogens with one attached hydrogen (secondary N) is 2. The molecule has 2 heterocycles. The van der Waals surface area contributed by atoms with Crippen LogP contribution in [0, 0.1) is 6.92 Å². The fourth-order valence-corrected chi connectivity index (χ4v) is 3.67. The van der Waals surface area contributed by atoms with E-state index in [0.717, 1.165) is 16.0 Å². The van der Waals surface area contributed by atoms with Crippen molar-refractivity contribution in [2.24, 2.45) is 0 Å². The summed E-state index contributed by atoms with van der Waals surface area (Å²) in [5, 5.41) is 7.14. The first kappa shape index (κ1) is 21.3. The molecule has 8 heteroatoms. The molecule has 30 heavy (non-hydrogen) atoms. The Morgan fingerprint density at radius 1 is 1.17 bits per heavy atom. The Labute approximate surface area is 178 Å². The molecular weight excluding hydrogens is 404 g/mol. The molecule has 0 fully saturated rings. The Kier molecular flexibility index (Phi) is 7.03. The summed E-state index contributed by atoms with van der Waals surface area (Å²) >= 11 is 1.40. The average Bonchev–Trinajstić information content (AvgIpc) is 3.26. The number of hydrogen-bond donors (Lipinski definition) is 2. The Morgan fingerprint density at radius 2 is 1.93 bits per heavy atom. The fraction of sp³-hybridized carbons (Fsp3) is 0.227. The number of amides is 2. The molecule has 0 bridgehead atoms. The van der Waals surface area contributed by atoms with E-state index < -0.39 is 24.0 Å². The van der Waals surface area contributed by atoms with Crippen molar-refractivity contribution in [3.05, 3.63) is 75.1 Å². The molecule has 2 N–H and O–H groups in total. The third-order valence-corrected chi connectivity index (χ3v) is 5.26. The second-order valence-corrected chi connectivity index (χ2v) is 7.49. The third kappa shape index (κ3) is 5.36. The standard InChI is InChI=1S/C22H22N2O5S/c1-3-28-21(26)19-16(23-22(27)24-20(19)17-5-4-12-30-17)13-29-18(25)11-10-15-8-6-14(2)7-9-15/h4-12,20H,3,13H2,1-2H3,(H2,23,24,27)/b11-10+. The number of aryl methyl sites for hydroxylation is 1. The van der Waals surface area contributed by atoms with E-state index in [-0.39, 0.29) is 24.5 Å². The van der Waals surface area contributed by atoms with Gasteiger partial charge >= 0.3 is 18.0 Å². The average molecular weight is 426 g/mol. The Bertz CT molecular complexity index is 977. The van der Waals surface area contributed by atoms with Gasteiger partial charge in [-0.3, -0.25) is 0 Å². The first-order chi connectivity index (χ1) is 14.5. The van der Waals surface area contributed by atoms with Crippen molar-refractivity contribution < 1.29 is 23.9 Å². The van der Waals surface area contributed by atoms with Gasteiger partial charge in [0.05, 0.1) is 23.9 Å². The van der Waals surface area contributed by atoms with Crippen molar-refractivity contribution in [3.8, 4) is 0 Å². The number of thiophene rings is 1. The van der Waals surface area contributed by atoms with Gasteiger partial charge in [-0.15, -0.1) is 11.3 Å². The second kappa shape index (κ2) is 9.89. The van der Waals surface area contributed by atoms with Crippen LogP contribution in [0.5, 0.6) is 0 Å². The molecule has 1 unspecified atom stereocenters. The van der Waals surface area contributed by atoms with Crippen LogP contribution in [0.3, 0.4) is 0 Å². The van der Waals surface area contributed by atoms with E-state index in [4.69, 9.17) is 9.47 Å². The van der Waals surface area contributed by atoms with Crippen LogP contribution in [0.25, 0.3) is 6.08 Å². The summed E-state index contributed by atoms with van der Waals surface area (Å²) in [6.07, 6.45) is 2.94. The first-order valence-corrected chi connectivity index (χ1v) is 10.3. The van der Waals surface area contributed by atoms with Crippen molar-refractivity contribution in [3.63, 3.8) is 0 Å². The zero-order chi connectivity index (χ0) is 21.5. The van der Waals surface area contributed by atoms with E-state index in [1.165, 1.54) is 17.4 Å². The molecule has 1 aliphatic heterocycles. The molecule has 1 aromatic heterocycles. The lowest BCUT2D eigenvalue weighted by atomic mass is 10.0. The van der Waals surface area contributed by atoms with Crippen LogP contribution >= 0.6 is 11.3 Å². The van der Waals surface area contributed by atoms with E-state index in [1.807, 2.05) is 48.7 Å². The van der Waals surface area contributed by atoms with Crippen LogP contribution < -0.4 is 10.6 Å². The first-order valence-electron chi connectivity index (χ1n) is 9.40. The van der Waals surface area contributed by atoms with E-state index in [0.29, 0.717) is 0 Å². The Hall–Kier alpha value is -3.39. The molecule has 156 valence electrons. The molecule has 0 spiro atoms. The number of rotatable bonds is 7. The molecule has 0 saturated heterocycles. The molecule has 1 atom stereocenters. The highest BCUT2D eigenvalue weighted by molar-refractivity contribution is 7.10. The molecule has 0 aliphatic carbocycles. The summed E-state index contributed by atoms with van der Waals surface area (Å²) in [7, 11) is 0. The minimum Gasteiger partial charge on any atom is -0.463 e. The summed E-state index contributed by atoms with van der Waals surface area (Å²) in [6.45, 7) is 3.59. The summed E-state index contributed by atoms with van der Waals surface area (Å²) in [5.74, 6) is -1.17. The van der Waals surface area contributed by atoms with E-state index in [2.05, 4.69) is 10.6 Å². The van der Waals surface area contributed by atoms with Crippen LogP contribution in [-0.4, -0.2) is 31.2 Å². The van der Waals surface area contributed by atoms with Crippen molar-refractivity contribution in [2.75, 3.05) is 13.2 Å². The van der Waals surface area contributed by atoms with Crippen LogP contribution in [0.1, 0.15) is 29.0 Å². The Balaban J connectivity index is 1.78. The van der Waals surface area contributed by atoms with E-state index in [1.54, 1.807) is 13.0 Å². The molecule has 1 aliphatic rings. The van der Waals surface area contributed by atoms with Crippen molar-refractivity contribution in [1.82, 2.24) is 10.6 Å². The lowest BCUT2D eigenvalue weighted by Crippen LogP contribution is -2.46. The molecule has 1 aromatic carbocycles. The zero-order valence-corrected chi connectivity index (χ0v) is 17.5. The predicted octanol–water partition coefficient (Wildman–Crippen LogP) is 3.48. The van der Waals surface area contributed by atoms with E-state index >= 15 is 0 Å². The molecule has 2 amide bonds. The van der Waals surface area contributed by atoms with Gasteiger partial charge < -0.3 is 20.1 Å². The molecular formula is C22H22N2O5S. The molecule has 0 saturated carbocycles. The SMILES string of the molecule is CCOC(=O)C1=C(COC(=O)/C=C/c2ccc(C)cc2)NC(=O)NC1c1cccs1. The van der Waals surface area contributed by atoms with Gasteiger partial charge in [0.1, 0.15) is 6.61 Å². The van der Waals surface area contributed by atoms with Gasteiger partial charge in [0.25, 0.3) is 0 Å². The Morgan fingerprint density at radius 3 is 2.60 bits per heavy atom. The van der Waals surface area contributed by atoms with Crippen LogP contribution in [0.2, 0.25) is 0 Å². The monoisotopic (exact) mass is 426 g/mol. The fourth-order valence-electron chi connectivity index (χ4n) is 2.88. The number of hydrogen-bond acceptors (Lipinski definition) is 6. The summed E-state index contributed by atoms with van der Waals surface area (Å²) in [5.41, 5.74) is 2.40. The number of carbonyl (C=O) groups excluding carboxylic acids is 3. The van der Waals surface area contributed by atoms with Crippen molar-refractivity contribution in [1.29, 1.82) is 0 Å². The zero-order valence-electron chi connectivity index (χ0n) is 16.6. The van der Waals surface area contributed by atoms with Gasteiger partial charge in [-0.25, -0.2) is 14.4 Å². The third-order valence-electron chi connectivity index (χ3n) is 4.32. The summed E-state index contributed by atoms with van der Waals surface area (Å²) in [4.78, 5) is 37.6. The summed E-state index contributed by atoms with van der Waals surface area (Å²) < 4.78 is 10.4. The van der Waals surface area contributed by atoms with Gasteiger partial charge in [0, 0.05) is 11.0 Å². The minimum atomic E-state index is -0.672. The number of carbonyl (C=O) groups is 3. The summed E-state index contributed by atoms with van der Waals surface area (Å²) in [6, 6.07) is 10.1. The van der Waals surface area contributed by atoms with Gasteiger partial charge in [-0.05, 0) is 36.9 Å². The lowest BCUT2D eigenvalue weighted by Gasteiger charge is -2.28. The maximum Gasteiger partial charge on any atom is 0.338 e. The molecule has 7 nitrogen and oxygen atoms in total. The predicted molar refractivity (Wildman–Crippen MR) is 114 cm³/mol. The largest absolute Gasteiger partial charge is 0.463 e. The number of ether oxygens (including phenoxy) is 2. The lowest BCUT2D eigenvalue weighted by molar-refractivity contribution is -0.140. The van der Waals surface area contributed by atoms with Crippen LogP contribution in [0.15, 0.2) is 59.1 Å². The number of urea groups is 1. The smallest absolute Gasteiger partial charge is 0.338 e. The van der Waals surface area contributed by atoms with E-state index in [9.17, 15) is 14.4 Å². The second-order valence-electron chi connectivity index (χ2n) is 6.51. The maximum absolute atomic E-state index is 12.6. The highest BCUT2D eigenvalue weighted by Crippen LogP contribution is 2.30. The van der Waals surface area contributed by atoms with Crippen LogP contribution in [-0.2, 0) is 19.1 Å². The highest BCUT2D eigenvalue weighted by Gasteiger charge is 2.34. The minimum absolute atomic E-state index is 0.180. The highest BCUT2D eigenvalue weighted by atomic mass is 32.1. The normalized spacial score (nSPS) is 16.2. The molecule has 3 rings (SSSR count). The number of esters is 2. The number of benzene rings is 1. The van der Waals surface area contributed by atoms with Gasteiger partial charge in [-0.1, -0.05) is 35.9 Å². The molecule has 2 aromatic rings. The van der Waals surface area contributed by atoms with Crippen molar-refractivity contribution in [2.45, 2.75) is 19.9 Å². The van der Waals surface area contributed by atoms with Gasteiger partial charge in [0.15, 0.2) is 0 Å². The van der Waals surface area contributed by atoms with Crippen molar-refractivity contribution >= 4 is 35.4 Å². The quantitative estimate of drug-likeness (QED) is 0.522. The molecule has 0 radical (unpaired) electrons. The van der Waals surface area contributed by atoms with Crippen LogP contribution in [0.4, 0.5) is 4.79 Å².